The zero-order valence-electron chi connectivity index (χ0n) is 15.0. The van der Waals surface area contributed by atoms with Crippen LogP contribution in [-0.4, -0.2) is 35.5 Å². The minimum atomic E-state index is -0.335. The van der Waals surface area contributed by atoms with Crippen LogP contribution in [0.1, 0.15) is 34.8 Å². The Balaban J connectivity index is 1.30. The smallest absolute Gasteiger partial charge is 0.185 e. The summed E-state index contributed by atoms with van der Waals surface area (Å²) in [6, 6.07) is 13.6. The molecule has 2 heterocycles. The number of carbonyl (C=O) groups is 1. The molecule has 0 saturated carbocycles. The number of hydrogen-bond acceptors (Lipinski definition) is 4. The molecule has 3 aromatic rings. The first-order valence-corrected chi connectivity index (χ1v) is 9.24. The van der Waals surface area contributed by atoms with E-state index < -0.39 is 0 Å². The predicted octanol–water partition coefficient (Wildman–Crippen LogP) is 4.59. The van der Waals surface area contributed by atoms with E-state index in [0.717, 1.165) is 49.1 Å². The van der Waals surface area contributed by atoms with Gasteiger partial charge >= 0.3 is 0 Å². The Morgan fingerprint density at radius 2 is 1.89 bits per heavy atom. The van der Waals surface area contributed by atoms with Gasteiger partial charge in [-0.1, -0.05) is 23.4 Å². The molecule has 0 aliphatic carbocycles. The van der Waals surface area contributed by atoms with E-state index in [0.29, 0.717) is 11.5 Å². The summed E-state index contributed by atoms with van der Waals surface area (Å²) < 4.78 is 18.4. The van der Waals surface area contributed by atoms with Gasteiger partial charge < -0.3 is 4.52 Å². The summed E-state index contributed by atoms with van der Waals surface area (Å²) in [4.78, 5) is 14.4. The number of piperidine rings is 1. The van der Waals surface area contributed by atoms with Gasteiger partial charge in [0.15, 0.2) is 11.4 Å². The maximum absolute atomic E-state index is 12.9. The normalized spacial score (nSPS) is 16.3. The number of fused-ring (bicyclic) bond motifs is 1. The summed E-state index contributed by atoms with van der Waals surface area (Å²) >= 11 is 0. The Morgan fingerprint density at radius 3 is 2.67 bits per heavy atom. The lowest BCUT2D eigenvalue weighted by Gasteiger charge is -2.30. The molecule has 1 aliphatic heterocycles. The highest BCUT2D eigenvalue weighted by Crippen LogP contribution is 2.32. The zero-order chi connectivity index (χ0) is 18.6. The molecule has 1 aliphatic rings. The Kier molecular flexibility index (Phi) is 5.12. The number of carbonyl (C=O) groups excluding carboxylic acids is 1. The zero-order valence-corrected chi connectivity index (χ0v) is 15.0. The Morgan fingerprint density at radius 1 is 1.15 bits per heavy atom. The monoisotopic (exact) mass is 364 g/mol. The second-order valence-corrected chi connectivity index (χ2v) is 6.91. The fourth-order valence-electron chi connectivity index (χ4n) is 3.61. The first-order chi connectivity index (χ1) is 13.2. The van der Waals surface area contributed by atoms with Crippen molar-refractivity contribution in [3.05, 3.63) is 77.8 Å². The highest BCUT2D eigenvalue weighted by atomic mass is 19.1. The highest BCUT2D eigenvalue weighted by Gasteiger charge is 2.24. The van der Waals surface area contributed by atoms with Crippen molar-refractivity contribution in [1.29, 1.82) is 0 Å². The third-order valence-electron chi connectivity index (χ3n) is 5.14. The fraction of sp³-hybridized carbons (Fsp3) is 0.273. The summed E-state index contributed by atoms with van der Waals surface area (Å²) in [5.41, 5.74) is 2.41. The van der Waals surface area contributed by atoms with Crippen LogP contribution in [-0.2, 0) is 0 Å². The largest absolute Gasteiger partial charge is 0.356 e. The van der Waals surface area contributed by atoms with Crippen LogP contribution in [0.4, 0.5) is 4.39 Å². The van der Waals surface area contributed by atoms with Gasteiger partial charge in [0.25, 0.3) is 0 Å². The molecule has 27 heavy (non-hydrogen) atoms. The van der Waals surface area contributed by atoms with Gasteiger partial charge in [0, 0.05) is 23.4 Å². The topological polar surface area (TPSA) is 46.3 Å². The second-order valence-electron chi connectivity index (χ2n) is 6.91. The van der Waals surface area contributed by atoms with Crippen LogP contribution in [0.15, 0.2) is 65.2 Å². The highest BCUT2D eigenvalue weighted by molar-refractivity contribution is 6.04. The fourth-order valence-corrected chi connectivity index (χ4v) is 3.61. The third-order valence-corrected chi connectivity index (χ3v) is 5.14. The minimum Gasteiger partial charge on any atom is -0.356 e. The number of nitrogens with zero attached hydrogens (tertiary/aromatic N) is 2. The predicted molar refractivity (Wildman–Crippen MR) is 102 cm³/mol. The Hall–Kier alpha value is -2.79. The molecule has 0 spiro atoms. The van der Waals surface area contributed by atoms with E-state index in [1.807, 2.05) is 24.3 Å². The third kappa shape index (κ3) is 3.98. The molecule has 0 radical (unpaired) electrons. The number of likely N-dealkylation sites (tertiary alicyclic amines) is 1. The van der Waals surface area contributed by atoms with Crippen molar-refractivity contribution in [2.24, 2.45) is 0 Å². The van der Waals surface area contributed by atoms with Gasteiger partial charge in [-0.05, 0) is 68.4 Å². The number of benzene rings is 2. The van der Waals surface area contributed by atoms with Gasteiger partial charge in [-0.2, -0.15) is 0 Å². The van der Waals surface area contributed by atoms with Crippen molar-refractivity contribution < 1.29 is 13.7 Å². The van der Waals surface area contributed by atoms with Gasteiger partial charge in [-0.25, -0.2) is 4.39 Å². The van der Waals surface area contributed by atoms with Crippen LogP contribution in [0.3, 0.4) is 0 Å². The standard InChI is InChI=1S/C22H21FN2O2/c23-18-9-7-16(8-10-18)20(26)5-3-13-25-14-11-17(12-15-25)22-19-4-1-2-6-21(19)27-24-22/h1-10,17H,11-15H2. The average molecular weight is 364 g/mol. The molecule has 0 unspecified atom stereocenters. The number of halogens is 1. The molecule has 0 N–H and O–H groups in total. The number of hydrogen-bond donors (Lipinski definition) is 0. The van der Waals surface area contributed by atoms with Crippen LogP contribution in [0.25, 0.3) is 11.0 Å². The first kappa shape index (κ1) is 17.6. The van der Waals surface area contributed by atoms with Crippen molar-refractivity contribution in [2.45, 2.75) is 18.8 Å². The molecule has 138 valence electrons. The van der Waals surface area contributed by atoms with E-state index in [9.17, 15) is 9.18 Å². The molecule has 1 aromatic heterocycles. The van der Waals surface area contributed by atoms with Gasteiger partial charge in [0.05, 0.1) is 5.69 Å². The molecular formula is C22H21FN2O2. The molecular weight excluding hydrogens is 343 g/mol. The number of aromatic nitrogens is 1. The maximum atomic E-state index is 12.9. The van der Waals surface area contributed by atoms with Crippen LogP contribution >= 0.6 is 0 Å². The molecule has 0 amide bonds. The van der Waals surface area contributed by atoms with E-state index in [-0.39, 0.29) is 11.6 Å². The van der Waals surface area contributed by atoms with Gasteiger partial charge in [-0.3, -0.25) is 9.69 Å². The molecule has 1 fully saturated rings. The first-order valence-electron chi connectivity index (χ1n) is 9.24. The molecule has 1 saturated heterocycles. The van der Waals surface area contributed by atoms with Crippen LogP contribution in [0, 0.1) is 5.82 Å². The number of allylic oxidation sites excluding steroid dienone is 1. The van der Waals surface area contributed by atoms with Crippen LogP contribution in [0.2, 0.25) is 0 Å². The quantitative estimate of drug-likeness (QED) is 0.491. The van der Waals surface area contributed by atoms with Crippen LogP contribution < -0.4 is 0 Å². The molecule has 2 aromatic carbocycles. The number of ketones is 1. The summed E-state index contributed by atoms with van der Waals surface area (Å²) in [5, 5.41) is 5.40. The maximum Gasteiger partial charge on any atom is 0.185 e. The van der Waals surface area contributed by atoms with E-state index in [2.05, 4.69) is 16.1 Å². The number of para-hydroxylation sites is 1. The van der Waals surface area contributed by atoms with Gasteiger partial charge in [-0.15, -0.1) is 0 Å². The van der Waals surface area contributed by atoms with E-state index in [1.165, 1.54) is 24.3 Å². The summed E-state index contributed by atoms with van der Waals surface area (Å²) in [6.07, 6.45) is 5.51. The SMILES string of the molecule is O=C(C=CCN1CCC(c2noc3ccccc23)CC1)c1ccc(F)cc1. The van der Waals surface area contributed by atoms with Crippen molar-refractivity contribution in [3.8, 4) is 0 Å². The van der Waals surface area contributed by atoms with Gasteiger partial charge in [0.2, 0.25) is 0 Å². The number of rotatable bonds is 5. The van der Waals surface area contributed by atoms with Crippen LogP contribution in [0.5, 0.6) is 0 Å². The van der Waals surface area contributed by atoms with E-state index >= 15 is 0 Å². The summed E-state index contributed by atoms with van der Waals surface area (Å²) in [6.45, 7) is 2.65. The van der Waals surface area contributed by atoms with E-state index in [4.69, 9.17) is 4.52 Å². The lowest BCUT2D eigenvalue weighted by atomic mass is 9.91. The van der Waals surface area contributed by atoms with E-state index in [1.54, 1.807) is 6.08 Å². The molecule has 5 heteroatoms. The molecule has 0 bridgehead atoms. The van der Waals surface area contributed by atoms with Gasteiger partial charge in [0.1, 0.15) is 5.82 Å². The average Bonchev–Trinajstić information content (AvgIpc) is 3.13. The lowest BCUT2D eigenvalue weighted by Crippen LogP contribution is -2.33. The minimum absolute atomic E-state index is 0.0982. The Labute approximate surface area is 157 Å². The Bertz CT molecular complexity index is 954. The molecule has 0 atom stereocenters. The van der Waals surface area contributed by atoms with Crippen molar-refractivity contribution in [2.75, 3.05) is 19.6 Å². The van der Waals surface area contributed by atoms with Crippen molar-refractivity contribution in [1.82, 2.24) is 10.1 Å². The van der Waals surface area contributed by atoms with Crippen molar-refractivity contribution >= 4 is 16.8 Å². The molecule has 4 nitrogen and oxygen atoms in total. The summed E-state index contributed by atoms with van der Waals surface area (Å²) in [7, 11) is 0. The lowest BCUT2D eigenvalue weighted by molar-refractivity contribution is 0.104. The molecule has 4 rings (SSSR count). The summed E-state index contributed by atoms with van der Waals surface area (Å²) in [5.74, 6) is -0.0213. The second kappa shape index (κ2) is 7.84. The van der Waals surface area contributed by atoms with Crippen molar-refractivity contribution in [3.63, 3.8) is 0 Å².